The van der Waals surface area contributed by atoms with Crippen LogP contribution >= 0.6 is 0 Å². The van der Waals surface area contributed by atoms with Gasteiger partial charge < -0.3 is 15.0 Å². The Kier molecular flexibility index (Phi) is 6.14. The molecule has 0 saturated heterocycles. The van der Waals surface area contributed by atoms with E-state index in [0.717, 1.165) is 11.3 Å². The van der Waals surface area contributed by atoms with Gasteiger partial charge in [0, 0.05) is 26.3 Å². The van der Waals surface area contributed by atoms with E-state index < -0.39 is 11.7 Å². The molecule has 124 valence electrons. The van der Waals surface area contributed by atoms with Crippen molar-refractivity contribution in [2.75, 3.05) is 25.0 Å². The maximum absolute atomic E-state index is 11.6. The topological polar surface area (TPSA) is 67.4 Å². The zero-order valence-corrected chi connectivity index (χ0v) is 14.7. The normalized spacial score (nSPS) is 11.5. The highest BCUT2D eigenvalue weighted by Crippen LogP contribution is 2.18. The maximum atomic E-state index is 11.6. The SMILES string of the molecule is Cc1cnc(N(C)CCNC(=O)OC(C)(C)C)nc1C(C)C. The molecule has 6 heteroatoms. The van der Waals surface area contributed by atoms with Gasteiger partial charge in [0.25, 0.3) is 0 Å². The van der Waals surface area contributed by atoms with Crippen molar-refractivity contribution in [3.63, 3.8) is 0 Å². The Bertz CT molecular complexity index is 509. The largest absolute Gasteiger partial charge is 0.444 e. The summed E-state index contributed by atoms with van der Waals surface area (Å²) >= 11 is 0. The van der Waals surface area contributed by atoms with Crippen molar-refractivity contribution >= 4 is 12.0 Å². The number of hydrogen-bond acceptors (Lipinski definition) is 5. The number of amides is 1. The highest BCUT2D eigenvalue weighted by atomic mass is 16.6. The Morgan fingerprint density at radius 1 is 1.41 bits per heavy atom. The van der Waals surface area contributed by atoms with E-state index in [9.17, 15) is 4.79 Å². The van der Waals surface area contributed by atoms with Gasteiger partial charge >= 0.3 is 6.09 Å². The maximum Gasteiger partial charge on any atom is 0.407 e. The van der Waals surface area contributed by atoms with E-state index in [4.69, 9.17) is 4.74 Å². The Balaban J connectivity index is 2.54. The first kappa shape index (κ1) is 18.2. The zero-order chi connectivity index (χ0) is 16.9. The van der Waals surface area contributed by atoms with E-state index in [-0.39, 0.29) is 0 Å². The van der Waals surface area contributed by atoms with Crippen LogP contribution < -0.4 is 10.2 Å². The van der Waals surface area contributed by atoms with Crippen molar-refractivity contribution in [2.24, 2.45) is 0 Å². The molecule has 1 rings (SSSR count). The van der Waals surface area contributed by atoms with Crippen molar-refractivity contribution in [1.82, 2.24) is 15.3 Å². The molecule has 0 aliphatic carbocycles. The minimum absolute atomic E-state index is 0.357. The third-order valence-electron chi connectivity index (χ3n) is 3.00. The predicted molar refractivity (Wildman–Crippen MR) is 88.4 cm³/mol. The summed E-state index contributed by atoms with van der Waals surface area (Å²) in [6.45, 7) is 12.8. The van der Waals surface area contributed by atoms with Crippen LogP contribution in [-0.2, 0) is 4.74 Å². The van der Waals surface area contributed by atoms with Crippen molar-refractivity contribution in [3.05, 3.63) is 17.5 Å². The van der Waals surface area contributed by atoms with Crippen LogP contribution in [0.1, 0.15) is 51.8 Å². The fourth-order valence-corrected chi connectivity index (χ4v) is 1.95. The Labute approximate surface area is 133 Å². The van der Waals surface area contributed by atoms with Gasteiger partial charge in [-0.1, -0.05) is 13.8 Å². The van der Waals surface area contributed by atoms with Gasteiger partial charge in [-0.05, 0) is 39.2 Å². The summed E-state index contributed by atoms with van der Waals surface area (Å²) in [5, 5.41) is 2.73. The van der Waals surface area contributed by atoms with E-state index in [1.807, 2.05) is 45.8 Å². The number of nitrogens with one attached hydrogen (secondary N) is 1. The minimum Gasteiger partial charge on any atom is -0.444 e. The van der Waals surface area contributed by atoms with Crippen molar-refractivity contribution in [1.29, 1.82) is 0 Å². The fourth-order valence-electron chi connectivity index (χ4n) is 1.95. The molecule has 1 N–H and O–H groups in total. The molecule has 0 bridgehead atoms. The number of carbonyl (C=O) groups excluding carboxylic acids is 1. The summed E-state index contributed by atoms with van der Waals surface area (Å²) in [6.07, 6.45) is 1.43. The smallest absolute Gasteiger partial charge is 0.407 e. The number of likely N-dealkylation sites (N-methyl/N-ethyl adjacent to an activating group) is 1. The van der Waals surface area contributed by atoms with Crippen LogP contribution in [0.25, 0.3) is 0 Å². The van der Waals surface area contributed by atoms with Crippen LogP contribution in [0.4, 0.5) is 10.7 Å². The minimum atomic E-state index is -0.484. The second kappa shape index (κ2) is 7.42. The second-order valence-electron chi connectivity index (χ2n) is 6.74. The summed E-state index contributed by atoms with van der Waals surface area (Å²) in [7, 11) is 1.91. The average Bonchev–Trinajstić information content (AvgIpc) is 2.36. The van der Waals surface area contributed by atoms with E-state index in [0.29, 0.717) is 25.0 Å². The van der Waals surface area contributed by atoms with Gasteiger partial charge in [-0.15, -0.1) is 0 Å². The zero-order valence-electron chi connectivity index (χ0n) is 14.7. The van der Waals surface area contributed by atoms with Crippen LogP contribution in [0.15, 0.2) is 6.20 Å². The summed E-state index contributed by atoms with van der Waals surface area (Å²) in [4.78, 5) is 22.5. The molecule has 1 amide bonds. The third-order valence-corrected chi connectivity index (χ3v) is 3.00. The van der Waals surface area contributed by atoms with Gasteiger partial charge in [0.05, 0.1) is 5.69 Å². The molecule has 6 nitrogen and oxygen atoms in total. The Morgan fingerprint density at radius 3 is 2.59 bits per heavy atom. The van der Waals surface area contributed by atoms with Gasteiger partial charge in [-0.25, -0.2) is 14.8 Å². The van der Waals surface area contributed by atoms with Crippen LogP contribution in [-0.4, -0.2) is 41.8 Å². The molecule has 0 spiro atoms. The van der Waals surface area contributed by atoms with Crippen molar-refractivity contribution in [3.8, 4) is 0 Å². The van der Waals surface area contributed by atoms with Crippen LogP contribution in [0.2, 0.25) is 0 Å². The molecular weight excluding hydrogens is 280 g/mol. The van der Waals surface area contributed by atoms with Gasteiger partial charge in [0.1, 0.15) is 5.60 Å². The summed E-state index contributed by atoms with van der Waals surface area (Å²) in [5.41, 5.74) is 1.67. The lowest BCUT2D eigenvalue weighted by Gasteiger charge is -2.21. The average molecular weight is 308 g/mol. The fraction of sp³-hybridized carbons (Fsp3) is 0.688. The first-order valence-electron chi connectivity index (χ1n) is 7.61. The monoisotopic (exact) mass is 308 g/mol. The molecule has 0 unspecified atom stereocenters. The number of aryl methyl sites for hydroxylation is 1. The predicted octanol–water partition coefficient (Wildman–Crippen LogP) is 2.87. The Morgan fingerprint density at radius 2 is 2.05 bits per heavy atom. The third kappa shape index (κ3) is 5.87. The summed E-state index contributed by atoms with van der Waals surface area (Å²) in [6, 6.07) is 0. The molecule has 0 atom stereocenters. The lowest BCUT2D eigenvalue weighted by Crippen LogP contribution is -2.37. The molecule has 0 aliphatic rings. The molecule has 0 fully saturated rings. The molecule has 0 radical (unpaired) electrons. The first-order valence-corrected chi connectivity index (χ1v) is 7.61. The van der Waals surface area contributed by atoms with Crippen LogP contribution in [0.5, 0.6) is 0 Å². The molecule has 22 heavy (non-hydrogen) atoms. The summed E-state index contributed by atoms with van der Waals surface area (Å²) < 4.78 is 5.19. The van der Waals surface area contributed by atoms with Gasteiger partial charge in [-0.3, -0.25) is 0 Å². The highest BCUT2D eigenvalue weighted by Gasteiger charge is 2.16. The lowest BCUT2D eigenvalue weighted by atomic mass is 10.1. The van der Waals surface area contributed by atoms with E-state index >= 15 is 0 Å². The Hall–Kier alpha value is -1.85. The number of carbonyl (C=O) groups is 1. The quantitative estimate of drug-likeness (QED) is 0.906. The van der Waals surface area contributed by atoms with Crippen molar-refractivity contribution in [2.45, 2.75) is 53.1 Å². The number of hydrogen-bond donors (Lipinski definition) is 1. The molecule has 1 aromatic rings. The number of rotatable bonds is 5. The van der Waals surface area contributed by atoms with E-state index in [2.05, 4.69) is 29.1 Å². The molecule has 0 aromatic carbocycles. The molecule has 0 saturated carbocycles. The lowest BCUT2D eigenvalue weighted by molar-refractivity contribution is 0.0529. The van der Waals surface area contributed by atoms with Crippen LogP contribution in [0, 0.1) is 6.92 Å². The van der Waals surface area contributed by atoms with Gasteiger partial charge in [0.15, 0.2) is 0 Å². The van der Waals surface area contributed by atoms with E-state index in [1.54, 1.807) is 0 Å². The number of nitrogens with zero attached hydrogens (tertiary/aromatic N) is 3. The summed E-state index contributed by atoms with van der Waals surface area (Å²) in [5.74, 6) is 1.02. The second-order valence-corrected chi connectivity index (χ2v) is 6.74. The van der Waals surface area contributed by atoms with Crippen molar-refractivity contribution < 1.29 is 9.53 Å². The number of ether oxygens (including phenoxy) is 1. The molecule has 0 aliphatic heterocycles. The molecular formula is C16H28N4O2. The molecule has 1 heterocycles. The number of anilines is 1. The van der Waals surface area contributed by atoms with E-state index in [1.165, 1.54) is 0 Å². The first-order chi connectivity index (χ1) is 10.1. The number of alkyl carbamates (subject to hydrolysis) is 1. The number of aromatic nitrogens is 2. The van der Waals surface area contributed by atoms with Crippen LogP contribution in [0.3, 0.4) is 0 Å². The highest BCUT2D eigenvalue weighted by molar-refractivity contribution is 5.67. The van der Waals surface area contributed by atoms with Gasteiger partial charge in [-0.2, -0.15) is 0 Å². The standard InChI is InChI=1S/C16H28N4O2/c1-11(2)13-12(3)10-18-14(19-13)20(7)9-8-17-15(21)22-16(4,5)6/h10-11H,8-9H2,1-7H3,(H,17,21). The molecule has 1 aromatic heterocycles. The van der Waals surface area contributed by atoms with Gasteiger partial charge in [0.2, 0.25) is 5.95 Å².